The van der Waals surface area contributed by atoms with Crippen molar-refractivity contribution >= 4 is 11.3 Å². The van der Waals surface area contributed by atoms with Crippen LogP contribution >= 0.6 is 11.3 Å². The first kappa shape index (κ1) is 9.12. The number of thiazole rings is 1. The zero-order chi connectivity index (χ0) is 8.93. The molecule has 1 heterocycles. The van der Waals surface area contributed by atoms with Gasteiger partial charge in [0.25, 0.3) is 0 Å². The maximum Gasteiger partial charge on any atom is 0.0794 e. The Morgan fingerprint density at radius 2 is 2.38 bits per heavy atom. The van der Waals surface area contributed by atoms with Crippen molar-refractivity contribution in [2.24, 2.45) is 0 Å². The molecule has 0 aliphatic heterocycles. The van der Waals surface area contributed by atoms with Crippen LogP contribution in [0.15, 0.2) is 11.7 Å². The van der Waals surface area contributed by atoms with Crippen molar-refractivity contribution in [1.29, 1.82) is 0 Å². The Hall–Kier alpha value is -0.450. The minimum Gasteiger partial charge on any atom is -0.298 e. The lowest BCUT2D eigenvalue weighted by molar-refractivity contribution is -0.0240. The largest absolute Gasteiger partial charge is 0.298 e. The molecule has 1 aliphatic rings. The van der Waals surface area contributed by atoms with Crippen LogP contribution in [0.4, 0.5) is 0 Å². The molecular weight excluding hydrogens is 184 g/mol. The van der Waals surface area contributed by atoms with Gasteiger partial charge in [-0.1, -0.05) is 12.8 Å². The highest BCUT2D eigenvalue weighted by molar-refractivity contribution is 7.09. The van der Waals surface area contributed by atoms with Gasteiger partial charge < -0.3 is 0 Å². The first-order chi connectivity index (χ1) is 6.45. The van der Waals surface area contributed by atoms with Crippen molar-refractivity contribution in [3.05, 3.63) is 16.6 Å². The summed E-state index contributed by atoms with van der Waals surface area (Å²) in [7, 11) is 0. The Balaban J connectivity index is 1.63. The molecule has 0 radical (unpaired) electrons. The Bertz CT molecular complexity index is 232. The van der Waals surface area contributed by atoms with Crippen LogP contribution in [-0.2, 0) is 11.4 Å². The van der Waals surface area contributed by atoms with Gasteiger partial charge in [0.2, 0.25) is 0 Å². The molecule has 72 valence electrons. The molecule has 2 rings (SSSR count). The first-order valence-electron chi connectivity index (χ1n) is 4.71. The summed E-state index contributed by atoms with van der Waals surface area (Å²) in [5, 5.41) is 0. The standard InChI is InChI=1S/C9H14N2OS/c1-2-4-8(3-1)12-11-6-9-5-10-7-13-9/h5,7-8,11H,1-4,6H2. The number of hydrogen-bond donors (Lipinski definition) is 1. The van der Waals surface area contributed by atoms with Crippen LogP contribution in [0.25, 0.3) is 0 Å². The van der Waals surface area contributed by atoms with E-state index in [1.165, 1.54) is 30.6 Å². The van der Waals surface area contributed by atoms with Crippen LogP contribution in [0.3, 0.4) is 0 Å². The van der Waals surface area contributed by atoms with Gasteiger partial charge in [-0.05, 0) is 12.8 Å². The monoisotopic (exact) mass is 198 g/mol. The molecule has 0 saturated heterocycles. The average Bonchev–Trinajstić information content (AvgIpc) is 2.75. The lowest BCUT2D eigenvalue weighted by Gasteiger charge is -2.10. The molecular formula is C9H14N2OS. The lowest BCUT2D eigenvalue weighted by atomic mass is 10.3. The van der Waals surface area contributed by atoms with Crippen molar-refractivity contribution in [3.63, 3.8) is 0 Å². The van der Waals surface area contributed by atoms with Gasteiger partial charge in [-0.15, -0.1) is 11.3 Å². The number of rotatable bonds is 4. The molecule has 3 nitrogen and oxygen atoms in total. The molecule has 1 fully saturated rings. The van der Waals surface area contributed by atoms with Gasteiger partial charge >= 0.3 is 0 Å². The Morgan fingerprint density at radius 3 is 3.08 bits per heavy atom. The molecule has 0 atom stereocenters. The number of hydrogen-bond acceptors (Lipinski definition) is 4. The Labute approximate surface area is 82.1 Å². The second-order valence-electron chi connectivity index (χ2n) is 3.31. The topological polar surface area (TPSA) is 34.2 Å². The summed E-state index contributed by atoms with van der Waals surface area (Å²) in [5.41, 5.74) is 4.84. The quantitative estimate of drug-likeness (QED) is 0.752. The van der Waals surface area contributed by atoms with Gasteiger partial charge in [-0.2, -0.15) is 5.48 Å². The van der Waals surface area contributed by atoms with E-state index in [1.807, 2.05) is 11.7 Å². The van der Waals surface area contributed by atoms with E-state index in [4.69, 9.17) is 4.84 Å². The van der Waals surface area contributed by atoms with E-state index in [2.05, 4.69) is 10.5 Å². The third kappa shape index (κ3) is 2.76. The molecule has 0 bridgehead atoms. The molecule has 1 saturated carbocycles. The van der Waals surface area contributed by atoms with Crippen molar-refractivity contribution < 1.29 is 4.84 Å². The van der Waals surface area contributed by atoms with E-state index in [0.717, 1.165) is 6.54 Å². The van der Waals surface area contributed by atoms with Gasteiger partial charge in [-0.3, -0.25) is 9.82 Å². The average molecular weight is 198 g/mol. The van der Waals surface area contributed by atoms with Crippen LogP contribution < -0.4 is 5.48 Å². The third-order valence-electron chi connectivity index (χ3n) is 2.28. The molecule has 13 heavy (non-hydrogen) atoms. The summed E-state index contributed by atoms with van der Waals surface area (Å²) in [5.74, 6) is 0. The Morgan fingerprint density at radius 1 is 1.54 bits per heavy atom. The number of aromatic nitrogens is 1. The van der Waals surface area contributed by atoms with E-state index in [1.54, 1.807) is 11.3 Å². The first-order valence-corrected chi connectivity index (χ1v) is 5.59. The summed E-state index contributed by atoms with van der Waals surface area (Å²) < 4.78 is 0. The van der Waals surface area contributed by atoms with E-state index < -0.39 is 0 Å². The number of nitrogens with zero attached hydrogens (tertiary/aromatic N) is 1. The predicted octanol–water partition coefficient (Wildman–Crippen LogP) is 2.11. The molecule has 4 heteroatoms. The molecule has 0 spiro atoms. The third-order valence-corrected chi connectivity index (χ3v) is 3.06. The normalized spacial score (nSPS) is 18.2. The van der Waals surface area contributed by atoms with Crippen molar-refractivity contribution in [1.82, 2.24) is 10.5 Å². The lowest BCUT2D eigenvalue weighted by Crippen LogP contribution is -2.20. The van der Waals surface area contributed by atoms with Crippen molar-refractivity contribution in [2.75, 3.05) is 0 Å². The fourth-order valence-corrected chi connectivity index (χ4v) is 2.09. The van der Waals surface area contributed by atoms with Crippen molar-refractivity contribution in [2.45, 2.75) is 38.3 Å². The molecule has 1 aliphatic carbocycles. The maximum absolute atomic E-state index is 5.51. The van der Waals surface area contributed by atoms with Gasteiger partial charge in [0.15, 0.2) is 0 Å². The molecule has 1 aromatic rings. The zero-order valence-corrected chi connectivity index (χ0v) is 8.35. The summed E-state index contributed by atoms with van der Waals surface area (Å²) >= 11 is 1.65. The summed E-state index contributed by atoms with van der Waals surface area (Å²) in [4.78, 5) is 10.7. The van der Waals surface area contributed by atoms with Crippen LogP contribution in [0.5, 0.6) is 0 Å². The van der Waals surface area contributed by atoms with E-state index in [9.17, 15) is 0 Å². The predicted molar refractivity (Wildman–Crippen MR) is 52.3 cm³/mol. The fourth-order valence-electron chi connectivity index (χ4n) is 1.57. The molecule has 0 aromatic carbocycles. The second kappa shape index (κ2) is 4.69. The van der Waals surface area contributed by atoms with E-state index >= 15 is 0 Å². The van der Waals surface area contributed by atoms with E-state index in [-0.39, 0.29) is 0 Å². The highest BCUT2D eigenvalue weighted by Crippen LogP contribution is 2.20. The highest BCUT2D eigenvalue weighted by Gasteiger charge is 2.15. The van der Waals surface area contributed by atoms with Gasteiger partial charge in [0.05, 0.1) is 18.2 Å². The fraction of sp³-hybridized carbons (Fsp3) is 0.667. The SMILES string of the molecule is c1ncc(CNOC2CCCC2)s1. The number of nitrogens with one attached hydrogen (secondary N) is 1. The molecule has 0 unspecified atom stereocenters. The zero-order valence-electron chi connectivity index (χ0n) is 7.53. The van der Waals surface area contributed by atoms with Gasteiger partial charge in [0, 0.05) is 11.1 Å². The highest BCUT2D eigenvalue weighted by atomic mass is 32.1. The maximum atomic E-state index is 5.51. The van der Waals surface area contributed by atoms with Crippen LogP contribution in [0, 0.1) is 0 Å². The minimum absolute atomic E-state index is 0.438. The second-order valence-corrected chi connectivity index (χ2v) is 4.28. The summed E-state index contributed by atoms with van der Waals surface area (Å²) in [6, 6.07) is 0. The summed E-state index contributed by atoms with van der Waals surface area (Å²) in [6.07, 6.45) is 7.34. The van der Waals surface area contributed by atoms with Crippen molar-refractivity contribution in [3.8, 4) is 0 Å². The molecule has 0 amide bonds. The molecule has 1 N–H and O–H groups in total. The minimum atomic E-state index is 0.438. The number of hydroxylamine groups is 1. The summed E-state index contributed by atoms with van der Waals surface area (Å²) in [6.45, 7) is 0.779. The van der Waals surface area contributed by atoms with Crippen LogP contribution in [0.1, 0.15) is 30.6 Å². The van der Waals surface area contributed by atoms with Gasteiger partial charge in [-0.25, -0.2) is 0 Å². The van der Waals surface area contributed by atoms with Crippen LogP contribution in [0.2, 0.25) is 0 Å². The van der Waals surface area contributed by atoms with E-state index in [0.29, 0.717) is 6.10 Å². The van der Waals surface area contributed by atoms with Crippen LogP contribution in [-0.4, -0.2) is 11.1 Å². The van der Waals surface area contributed by atoms with Gasteiger partial charge in [0.1, 0.15) is 0 Å². The Kier molecular flexibility index (Phi) is 3.29. The smallest absolute Gasteiger partial charge is 0.0794 e. The molecule has 1 aromatic heterocycles.